The first-order valence-corrected chi connectivity index (χ1v) is 7.68. The molecule has 2 aromatic carbocycles. The van der Waals surface area contributed by atoms with Crippen molar-refractivity contribution in [3.63, 3.8) is 0 Å². The third-order valence-electron chi connectivity index (χ3n) is 3.29. The molecule has 0 saturated carbocycles. The molecule has 3 aromatic rings. The smallest absolute Gasteiger partial charge is 0.122 e. The van der Waals surface area contributed by atoms with Gasteiger partial charge in [-0.2, -0.15) is 0 Å². The van der Waals surface area contributed by atoms with Gasteiger partial charge in [-0.1, -0.05) is 45.7 Å². The lowest BCUT2D eigenvalue weighted by atomic mass is 10.2. The molecule has 0 unspecified atom stereocenters. The van der Waals surface area contributed by atoms with Gasteiger partial charge >= 0.3 is 0 Å². The predicted octanol–water partition coefficient (Wildman–Crippen LogP) is 5.20. The van der Waals surface area contributed by atoms with Gasteiger partial charge in [0, 0.05) is 27.1 Å². The molecule has 1 aromatic heterocycles. The summed E-state index contributed by atoms with van der Waals surface area (Å²) in [6.45, 7) is 0.618. The minimum absolute atomic E-state index is 0.618. The van der Waals surface area contributed by atoms with Crippen LogP contribution in [0.2, 0.25) is 5.02 Å². The molecule has 0 amide bonds. The van der Waals surface area contributed by atoms with Crippen molar-refractivity contribution in [2.45, 2.75) is 6.54 Å². The lowest BCUT2D eigenvalue weighted by Crippen LogP contribution is -2.00. The van der Waals surface area contributed by atoms with Crippen LogP contribution in [0, 0.1) is 0 Å². The standard InChI is InChI=1S/C16H14BrClN2O/c1-21-12-7-10(17)6-11(8-12)19-9-15-16(18)13-4-2-3-5-14(13)20-15/h2-8,19-20H,9H2,1H3. The van der Waals surface area contributed by atoms with E-state index in [1.807, 2.05) is 42.5 Å². The van der Waals surface area contributed by atoms with Crippen LogP contribution < -0.4 is 10.1 Å². The first-order valence-electron chi connectivity index (χ1n) is 6.51. The fraction of sp³-hybridized carbons (Fsp3) is 0.125. The number of halogens is 2. The summed E-state index contributed by atoms with van der Waals surface area (Å²) in [5.41, 5.74) is 2.99. The molecule has 1 heterocycles. The highest BCUT2D eigenvalue weighted by atomic mass is 79.9. The fourth-order valence-electron chi connectivity index (χ4n) is 2.26. The van der Waals surface area contributed by atoms with Crippen molar-refractivity contribution < 1.29 is 4.74 Å². The highest BCUT2D eigenvalue weighted by Crippen LogP contribution is 2.29. The van der Waals surface area contributed by atoms with Crippen LogP contribution in [-0.4, -0.2) is 12.1 Å². The van der Waals surface area contributed by atoms with E-state index in [2.05, 4.69) is 26.2 Å². The number of benzene rings is 2. The number of fused-ring (bicyclic) bond motifs is 1. The summed E-state index contributed by atoms with van der Waals surface area (Å²) in [6, 6.07) is 13.9. The maximum Gasteiger partial charge on any atom is 0.122 e. The lowest BCUT2D eigenvalue weighted by molar-refractivity contribution is 0.414. The van der Waals surface area contributed by atoms with Crippen LogP contribution in [0.25, 0.3) is 10.9 Å². The maximum atomic E-state index is 6.41. The number of aromatic nitrogens is 1. The number of methoxy groups -OCH3 is 1. The van der Waals surface area contributed by atoms with Crippen molar-refractivity contribution in [2.75, 3.05) is 12.4 Å². The van der Waals surface area contributed by atoms with Crippen LogP contribution in [-0.2, 0) is 6.54 Å². The molecule has 108 valence electrons. The van der Waals surface area contributed by atoms with Crippen LogP contribution in [0.1, 0.15) is 5.69 Å². The van der Waals surface area contributed by atoms with Gasteiger partial charge in [-0.3, -0.25) is 0 Å². The number of hydrogen-bond acceptors (Lipinski definition) is 2. The van der Waals surface area contributed by atoms with Crippen LogP contribution >= 0.6 is 27.5 Å². The number of H-pyrrole nitrogens is 1. The molecule has 5 heteroatoms. The zero-order valence-corrected chi connectivity index (χ0v) is 13.8. The zero-order chi connectivity index (χ0) is 14.8. The van der Waals surface area contributed by atoms with Crippen molar-refractivity contribution in [3.05, 3.63) is 57.7 Å². The molecule has 0 aliphatic rings. The van der Waals surface area contributed by atoms with E-state index >= 15 is 0 Å². The third-order valence-corrected chi connectivity index (χ3v) is 4.18. The van der Waals surface area contributed by atoms with Crippen molar-refractivity contribution in [1.82, 2.24) is 4.98 Å². The SMILES string of the molecule is COc1cc(Br)cc(NCc2[nH]c3ccccc3c2Cl)c1. The highest BCUT2D eigenvalue weighted by molar-refractivity contribution is 9.10. The third kappa shape index (κ3) is 3.01. The Morgan fingerprint density at radius 3 is 2.81 bits per heavy atom. The minimum Gasteiger partial charge on any atom is -0.497 e. The molecule has 0 saturated heterocycles. The number of hydrogen-bond donors (Lipinski definition) is 2. The van der Waals surface area contributed by atoms with Crippen LogP contribution in [0.5, 0.6) is 5.75 Å². The van der Waals surface area contributed by atoms with Gasteiger partial charge in [0.15, 0.2) is 0 Å². The van der Waals surface area contributed by atoms with Crippen molar-refractivity contribution >= 4 is 44.1 Å². The van der Waals surface area contributed by atoms with E-state index in [4.69, 9.17) is 16.3 Å². The van der Waals surface area contributed by atoms with Gasteiger partial charge in [0.1, 0.15) is 5.75 Å². The van der Waals surface area contributed by atoms with Gasteiger partial charge in [0.05, 0.1) is 24.4 Å². The Morgan fingerprint density at radius 1 is 1.24 bits per heavy atom. The summed E-state index contributed by atoms with van der Waals surface area (Å²) in [6.07, 6.45) is 0. The molecular weight excluding hydrogens is 352 g/mol. The Bertz CT molecular complexity index is 785. The molecule has 0 aliphatic carbocycles. The first kappa shape index (κ1) is 14.3. The number of ether oxygens (including phenoxy) is 1. The molecule has 0 aliphatic heterocycles. The van der Waals surface area contributed by atoms with Gasteiger partial charge in [-0.25, -0.2) is 0 Å². The topological polar surface area (TPSA) is 37.0 Å². The largest absolute Gasteiger partial charge is 0.497 e. The van der Waals surface area contributed by atoms with Crippen LogP contribution in [0.15, 0.2) is 46.9 Å². The van der Waals surface area contributed by atoms with Crippen LogP contribution in [0.3, 0.4) is 0 Å². The van der Waals surface area contributed by atoms with E-state index in [-0.39, 0.29) is 0 Å². The number of aromatic amines is 1. The fourth-order valence-corrected chi connectivity index (χ4v) is 3.01. The summed E-state index contributed by atoms with van der Waals surface area (Å²) in [5.74, 6) is 0.801. The average molecular weight is 366 g/mol. The van der Waals surface area contributed by atoms with E-state index in [1.54, 1.807) is 7.11 Å². The number of rotatable bonds is 4. The minimum atomic E-state index is 0.618. The molecule has 21 heavy (non-hydrogen) atoms. The van der Waals surface area contributed by atoms with E-state index in [0.717, 1.165) is 37.5 Å². The summed E-state index contributed by atoms with van der Waals surface area (Å²) in [4.78, 5) is 3.34. The summed E-state index contributed by atoms with van der Waals surface area (Å²) in [5, 5.41) is 5.16. The monoisotopic (exact) mass is 364 g/mol. The first-order chi connectivity index (χ1) is 10.2. The van der Waals surface area contributed by atoms with Crippen molar-refractivity contribution in [1.29, 1.82) is 0 Å². The summed E-state index contributed by atoms with van der Waals surface area (Å²) < 4.78 is 6.22. The molecule has 3 nitrogen and oxygen atoms in total. The molecule has 0 atom stereocenters. The van der Waals surface area contributed by atoms with E-state index < -0.39 is 0 Å². The van der Waals surface area contributed by atoms with Gasteiger partial charge < -0.3 is 15.0 Å². The number of anilines is 1. The Labute approximate surface area is 136 Å². The highest BCUT2D eigenvalue weighted by Gasteiger charge is 2.09. The Morgan fingerprint density at radius 2 is 2.05 bits per heavy atom. The Hall–Kier alpha value is -1.65. The predicted molar refractivity (Wildman–Crippen MR) is 91.3 cm³/mol. The molecule has 0 bridgehead atoms. The molecule has 0 fully saturated rings. The lowest BCUT2D eigenvalue weighted by Gasteiger charge is -2.08. The van der Waals surface area contributed by atoms with E-state index in [1.165, 1.54) is 0 Å². The zero-order valence-electron chi connectivity index (χ0n) is 11.4. The molecule has 3 rings (SSSR count). The number of nitrogens with one attached hydrogen (secondary N) is 2. The Kier molecular flexibility index (Phi) is 4.08. The van der Waals surface area contributed by atoms with Crippen molar-refractivity contribution in [3.8, 4) is 5.75 Å². The summed E-state index contributed by atoms with van der Waals surface area (Å²) >= 11 is 9.88. The molecule has 0 radical (unpaired) electrons. The molecule has 2 N–H and O–H groups in total. The Balaban J connectivity index is 1.83. The van der Waals surface area contributed by atoms with E-state index in [0.29, 0.717) is 6.54 Å². The van der Waals surface area contributed by atoms with Gasteiger partial charge in [0.2, 0.25) is 0 Å². The summed E-state index contributed by atoms with van der Waals surface area (Å²) in [7, 11) is 1.65. The van der Waals surface area contributed by atoms with Gasteiger partial charge in [-0.15, -0.1) is 0 Å². The molecular formula is C16H14BrClN2O. The second-order valence-electron chi connectivity index (χ2n) is 4.70. The maximum absolute atomic E-state index is 6.41. The van der Waals surface area contributed by atoms with E-state index in [9.17, 15) is 0 Å². The van der Waals surface area contributed by atoms with Gasteiger partial charge in [-0.05, 0) is 18.2 Å². The molecule has 0 spiro atoms. The van der Waals surface area contributed by atoms with Crippen molar-refractivity contribution in [2.24, 2.45) is 0 Å². The normalized spacial score (nSPS) is 10.8. The second kappa shape index (κ2) is 6.00. The second-order valence-corrected chi connectivity index (χ2v) is 5.99. The van der Waals surface area contributed by atoms with Gasteiger partial charge in [0.25, 0.3) is 0 Å². The number of para-hydroxylation sites is 1. The average Bonchev–Trinajstić information content (AvgIpc) is 2.81. The van der Waals surface area contributed by atoms with Crippen LogP contribution in [0.4, 0.5) is 5.69 Å². The quantitative estimate of drug-likeness (QED) is 0.666.